The van der Waals surface area contributed by atoms with Crippen molar-refractivity contribution < 1.29 is 14.2 Å². The highest BCUT2D eigenvalue weighted by molar-refractivity contribution is 5.80. The van der Waals surface area contributed by atoms with Crippen molar-refractivity contribution >= 4 is 5.96 Å². The fraction of sp³-hybridized carbons (Fsp3) is 0.667. The van der Waals surface area contributed by atoms with E-state index in [4.69, 9.17) is 14.2 Å². The van der Waals surface area contributed by atoms with Crippen molar-refractivity contribution in [2.24, 2.45) is 10.4 Å². The van der Waals surface area contributed by atoms with Gasteiger partial charge in [0, 0.05) is 31.7 Å². The number of nitrogens with one attached hydrogen (secondary N) is 2. The van der Waals surface area contributed by atoms with Gasteiger partial charge in [-0.05, 0) is 43.9 Å². The molecule has 27 heavy (non-hydrogen) atoms. The number of nitrogens with zero attached hydrogens (tertiary/aromatic N) is 1. The first-order valence-electron chi connectivity index (χ1n) is 9.96. The van der Waals surface area contributed by atoms with Crippen LogP contribution in [0.4, 0.5) is 0 Å². The lowest BCUT2D eigenvalue weighted by Crippen LogP contribution is -2.65. The van der Waals surface area contributed by atoms with Crippen LogP contribution in [0.15, 0.2) is 23.2 Å². The molecule has 2 atom stereocenters. The molecule has 2 unspecified atom stereocenters. The van der Waals surface area contributed by atoms with Crippen LogP contribution in [0, 0.1) is 5.41 Å². The molecule has 0 radical (unpaired) electrons. The molecule has 0 aliphatic heterocycles. The lowest BCUT2D eigenvalue weighted by molar-refractivity contribution is -0.125. The number of benzene rings is 1. The molecule has 0 amide bonds. The SMILES string of the molecule is CCOC1CC(NC(=NC)NCc2ccc(OC)c(OC)c2)C12CCCC2. The van der Waals surface area contributed by atoms with Crippen LogP contribution >= 0.6 is 0 Å². The molecule has 6 nitrogen and oxygen atoms in total. The van der Waals surface area contributed by atoms with Crippen LogP contribution in [0.3, 0.4) is 0 Å². The summed E-state index contributed by atoms with van der Waals surface area (Å²) in [6, 6.07) is 6.40. The molecule has 150 valence electrons. The number of methoxy groups -OCH3 is 2. The van der Waals surface area contributed by atoms with Gasteiger partial charge in [-0.1, -0.05) is 18.9 Å². The Balaban J connectivity index is 1.59. The van der Waals surface area contributed by atoms with Crippen molar-refractivity contribution in [1.82, 2.24) is 10.6 Å². The smallest absolute Gasteiger partial charge is 0.191 e. The summed E-state index contributed by atoms with van der Waals surface area (Å²) < 4.78 is 16.7. The minimum absolute atomic E-state index is 0.289. The first-order chi connectivity index (χ1) is 13.2. The predicted octanol–water partition coefficient (Wildman–Crippen LogP) is 3.11. The van der Waals surface area contributed by atoms with Gasteiger partial charge in [0.2, 0.25) is 0 Å². The highest BCUT2D eigenvalue weighted by Crippen LogP contribution is 2.54. The number of ether oxygens (including phenoxy) is 3. The second kappa shape index (κ2) is 8.83. The van der Waals surface area contributed by atoms with E-state index in [2.05, 4.69) is 22.5 Å². The van der Waals surface area contributed by atoms with Crippen molar-refractivity contribution in [3.63, 3.8) is 0 Å². The van der Waals surface area contributed by atoms with Crippen LogP contribution in [0.1, 0.15) is 44.6 Å². The Labute approximate surface area is 162 Å². The summed E-state index contributed by atoms with van der Waals surface area (Å²) >= 11 is 0. The molecule has 3 rings (SSSR count). The monoisotopic (exact) mass is 375 g/mol. The fourth-order valence-electron chi connectivity index (χ4n) is 4.62. The van der Waals surface area contributed by atoms with Gasteiger partial charge in [-0.25, -0.2) is 0 Å². The van der Waals surface area contributed by atoms with E-state index in [1.54, 1.807) is 14.2 Å². The van der Waals surface area contributed by atoms with Crippen molar-refractivity contribution in [3.05, 3.63) is 23.8 Å². The molecule has 6 heteroatoms. The maximum absolute atomic E-state index is 6.01. The molecule has 2 fully saturated rings. The molecule has 2 aliphatic rings. The maximum Gasteiger partial charge on any atom is 0.191 e. The zero-order valence-electron chi connectivity index (χ0n) is 17.0. The minimum Gasteiger partial charge on any atom is -0.493 e. The van der Waals surface area contributed by atoms with E-state index in [0.29, 0.717) is 18.7 Å². The molecule has 2 N–H and O–H groups in total. The Hall–Kier alpha value is -1.95. The fourth-order valence-corrected chi connectivity index (χ4v) is 4.62. The third-order valence-corrected chi connectivity index (χ3v) is 6.13. The lowest BCUT2D eigenvalue weighted by Gasteiger charge is -2.54. The van der Waals surface area contributed by atoms with E-state index >= 15 is 0 Å². The van der Waals surface area contributed by atoms with Crippen LogP contribution < -0.4 is 20.1 Å². The van der Waals surface area contributed by atoms with Crippen LogP contribution in [-0.2, 0) is 11.3 Å². The van der Waals surface area contributed by atoms with Crippen molar-refractivity contribution in [2.45, 2.75) is 57.7 Å². The van der Waals surface area contributed by atoms with Crippen molar-refractivity contribution in [1.29, 1.82) is 0 Å². The van der Waals surface area contributed by atoms with E-state index < -0.39 is 0 Å². The summed E-state index contributed by atoms with van der Waals surface area (Å²) in [5.41, 5.74) is 1.41. The number of rotatable bonds is 7. The lowest BCUT2D eigenvalue weighted by atomic mass is 9.60. The summed E-state index contributed by atoms with van der Waals surface area (Å²) in [6.07, 6.45) is 6.57. The van der Waals surface area contributed by atoms with Crippen molar-refractivity contribution in [3.8, 4) is 11.5 Å². The standard InChI is InChI=1S/C21H33N3O3/c1-5-27-19-13-18(21(19)10-6-7-11-21)24-20(22-2)23-14-15-8-9-16(25-3)17(12-15)26-4/h8-9,12,18-19H,5-7,10-11,13-14H2,1-4H3,(H2,22,23,24). The van der Waals surface area contributed by atoms with E-state index in [-0.39, 0.29) is 5.41 Å². The molecular formula is C21H33N3O3. The molecule has 1 spiro atoms. The molecule has 1 aromatic carbocycles. The number of aliphatic imine (C=N–C) groups is 1. The molecule has 2 saturated carbocycles. The minimum atomic E-state index is 0.289. The van der Waals surface area contributed by atoms with Crippen LogP contribution in [0.25, 0.3) is 0 Å². The maximum atomic E-state index is 6.01. The van der Waals surface area contributed by atoms with Gasteiger partial charge in [0.1, 0.15) is 0 Å². The predicted molar refractivity (Wildman–Crippen MR) is 108 cm³/mol. The largest absolute Gasteiger partial charge is 0.493 e. The van der Waals surface area contributed by atoms with E-state index in [0.717, 1.165) is 36.0 Å². The van der Waals surface area contributed by atoms with Gasteiger partial charge in [-0.15, -0.1) is 0 Å². The number of hydrogen-bond acceptors (Lipinski definition) is 4. The Bertz CT molecular complexity index is 656. The van der Waals surface area contributed by atoms with Crippen LogP contribution in [-0.4, -0.2) is 46.0 Å². The van der Waals surface area contributed by atoms with Gasteiger partial charge in [0.05, 0.1) is 20.3 Å². The topological polar surface area (TPSA) is 64.1 Å². The molecular weight excluding hydrogens is 342 g/mol. The summed E-state index contributed by atoms with van der Waals surface area (Å²) in [5, 5.41) is 7.08. The first-order valence-corrected chi connectivity index (χ1v) is 9.96. The summed E-state index contributed by atoms with van der Waals surface area (Å²) in [5.74, 6) is 2.32. The molecule has 2 aliphatic carbocycles. The third-order valence-electron chi connectivity index (χ3n) is 6.13. The summed E-state index contributed by atoms with van der Waals surface area (Å²) in [4.78, 5) is 4.42. The average molecular weight is 376 g/mol. The highest BCUT2D eigenvalue weighted by atomic mass is 16.5. The van der Waals surface area contributed by atoms with Gasteiger partial charge >= 0.3 is 0 Å². The molecule has 0 saturated heterocycles. The zero-order valence-corrected chi connectivity index (χ0v) is 17.0. The Morgan fingerprint density at radius 1 is 1.19 bits per heavy atom. The Kier molecular flexibility index (Phi) is 6.47. The third kappa shape index (κ3) is 4.00. The Morgan fingerprint density at radius 2 is 1.93 bits per heavy atom. The van der Waals surface area contributed by atoms with E-state index in [1.165, 1.54) is 25.7 Å². The summed E-state index contributed by atoms with van der Waals surface area (Å²) in [7, 11) is 5.13. The van der Waals surface area contributed by atoms with Crippen LogP contribution in [0.2, 0.25) is 0 Å². The van der Waals surface area contributed by atoms with Gasteiger partial charge in [-0.3, -0.25) is 4.99 Å². The summed E-state index contributed by atoms with van der Waals surface area (Å²) in [6.45, 7) is 3.56. The van der Waals surface area contributed by atoms with Gasteiger partial charge < -0.3 is 24.8 Å². The molecule has 0 bridgehead atoms. The average Bonchev–Trinajstić information content (AvgIpc) is 3.22. The van der Waals surface area contributed by atoms with E-state index in [9.17, 15) is 0 Å². The van der Waals surface area contributed by atoms with Crippen molar-refractivity contribution in [2.75, 3.05) is 27.9 Å². The quantitative estimate of drug-likeness (QED) is 0.566. The van der Waals surface area contributed by atoms with Crippen LogP contribution in [0.5, 0.6) is 11.5 Å². The first kappa shape index (κ1) is 19.8. The number of guanidine groups is 1. The second-order valence-corrected chi connectivity index (χ2v) is 7.43. The van der Waals surface area contributed by atoms with Gasteiger partial charge in [0.25, 0.3) is 0 Å². The molecule has 0 heterocycles. The molecule has 1 aromatic rings. The number of hydrogen-bond donors (Lipinski definition) is 2. The second-order valence-electron chi connectivity index (χ2n) is 7.43. The normalized spacial score (nSPS) is 23.8. The highest BCUT2D eigenvalue weighted by Gasteiger charge is 2.56. The Morgan fingerprint density at radius 3 is 2.56 bits per heavy atom. The van der Waals surface area contributed by atoms with Gasteiger partial charge in [0.15, 0.2) is 17.5 Å². The van der Waals surface area contributed by atoms with Gasteiger partial charge in [-0.2, -0.15) is 0 Å². The zero-order chi connectivity index (χ0) is 19.3. The molecule has 0 aromatic heterocycles. The van der Waals surface area contributed by atoms with E-state index in [1.807, 2.05) is 25.2 Å².